The van der Waals surface area contributed by atoms with Gasteiger partial charge < -0.3 is 24.8 Å². The molecule has 190 valence electrons. The quantitative estimate of drug-likeness (QED) is 0.210. The van der Waals surface area contributed by atoms with Gasteiger partial charge in [-0.25, -0.2) is 5.43 Å². The van der Waals surface area contributed by atoms with Crippen molar-refractivity contribution < 1.29 is 28.6 Å². The lowest BCUT2D eigenvalue weighted by molar-refractivity contribution is -0.139. The number of anilines is 1. The monoisotopic (exact) mass is 586 g/mol. The summed E-state index contributed by atoms with van der Waals surface area (Å²) in [6.07, 6.45) is 1.30. The zero-order chi connectivity index (χ0) is 26.2. The first kappa shape index (κ1) is 26.0. The van der Waals surface area contributed by atoms with Crippen molar-refractivity contribution in [3.05, 3.63) is 81.3 Å². The molecule has 3 N–H and O–H groups in total. The number of nitrogens with zero attached hydrogens (tertiary/aromatic N) is 1. The third-order valence-corrected chi connectivity index (χ3v) is 5.63. The molecule has 37 heavy (non-hydrogen) atoms. The van der Waals surface area contributed by atoms with E-state index in [0.29, 0.717) is 33.5 Å². The van der Waals surface area contributed by atoms with Crippen LogP contribution in [-0.2, 0) is 20.9 Å². The molecule has 0 fully saturated rings. The fraction of sp³-hybridized carbons (Fsp3) is 0.120. The van der Waals surface area contributed by atoms with Crippen molar-refractivity contribution in [3.63, 3.8) is 0 Å². The molecule has 0 aromatic heterocycles. The van der Waals surface area contributed by atoms with Crippen molar-refractivity contribution in [1.29, 1.82) is 0 Å². The first-order chi connectivity index (χ1) is 17.9. The van der Waals surface area contributed by atoms with Crippen LogP contribution in [0.2, 0.25) is 5.02 Å². The Hall–Kier alpha value is -4.09. The van der Waals surface area contributed by atoms with E-state index in [2.05, 4.69) is 37.1 Å². The lowest BCUT2D eigenvalue weighted by Crippen LogP contribution is -2.37. The zero-order valence-corrected chi connectivity index (χ0v) is 21.5. The first-order valence-electron chi connectivity index (χ1n) is 10.8. The highest BCUT2D eigenvalue weighted by atomic mass is 79.9. The van der Waals surface area contributed by atoms with Crippen LogP contribution in [0.5, 0.6) is 17.2 Å². The molecule has 3 aromatic rings. The molecule has 0 bridgehead atoms. The highest BCUT2D eigenvalue weighted by Gasteiger charge is 2.16. The molecule has 12 heteroatoms. The molecule has 4 rings (SSSR count). The molecule has 1 aliphatic rings. The summed E-state index contributed by atoms with van der Waals surface area (Å²) in [5.41, 5.74) is 3.91. The van der Waals surface area contributed by atoms with Gasteiger partial charge in [0.2, 0.25) is 6.79 Å². The van der Waals surface area contributed by atoms with Crippen LogP contribution in [0.15, 0.2) is 70.2 Å². The lowest BCUT2D eigenvalue weighted by atomic mass is 10.2. The largest absolute Gasteiger partial charge is 0.483 e. The molecule has 0 saturated heterocycles. The molecule has 3 aromatic carbocycles. The van der Waals surface area contributed by atoms with E-state index in [9.17, 15) is 14.4 Å². The minimum atomic E-state index is -0.949. The van der Waals surface area contributed by atoms with Crippen molar-refractivity contribution >= 4 is 57.2 Å². The van der Waals surface area contributed by atoms with Crippen molar-refractivity contribution in [3.8, 4) is 17.2 Å². The maximum atomic E-state index is 12.2. The number of carbonyl (C=O) groups excluding carboxylic acids is 3. The van der Waals surface area contributed by atoms with Crippen molar-refractivity contribution in [2.75, 3.05) is 18.7 Å². The maximum absolute atomic E-state index is 12.2. The van der Waals surface area contributed by atoms with Gasteiger partial charge in [-0.15, -0.1) is 0 Å². The molecular weight excluding hydrogens is 568 g/mol. The molecule has 1 heterocycles. The molecule has 0 radical (unpaired) electrons. The Kier molecular flexibility index (Phi) is 8.60. The van der Waals surface area contributed by atoms with Crippen LogP contribution in [-0.4, -0.2) is 37.3 Å². The summed E-state index contributed by atoms with van der Waals surface area (Å²) >= 11 is 9.28. The Morgan fingerprint density at radius 3 is 2.70 bits per heavy atom. The van der Waals surface area contributed by atoms with Crippen molar-refractivity contribution in [2.24, 2.45) is 5.10 Å². The van der Waals surface area contributed by atoms with E-state index in [1.165, 1.54) is 6.21 Å². The number of nitrogens with one attached hydrogen (secondary N) is 3. The minimum absolute atomic E-state index is 0.119. The molecule has 0 atom stereocenters. The third kappa shape index (κ3) is 7.45. The SMILES string of the molecule is O=C(COc1ccc(Br)cc1/C=N\NC(=O)C(=O)NCc1ccc2c(c1)OCO2)Nc1cccc(Cl)c1. The van der Waals surface area contributed by atoms with Gasteiger partial charge in [0.05, 0.1) is 6.21 Å². The number of ether oxygens (including phenoxy) is 3. The van der Waals surface area contributed by atoms with E-state index >= 15 is 0 Å². The Morgan fingerprint density at radius 2 is 1.86 bits per heavy atom. The van der Waals surface area contributed by atoms with Crippen LogP contribution in [0.1, 0.15) is 11.1 Å². The van der Waals surface area contributed by atoms with E-state index in [4.69, 9.17) is 25.8 Å². The fourth-order valence-electron chi connectivity index (χ4n) is 3.18. The van der Waals surface area contributed by atoms with Gasteiger partial charge in [-0.1, -0.05) is 39.7 Å². The second-order valence-electron chi connectivity index (χ2n) is 7.60. The van der Waals surface area contributed by atoms with Gasteiger partial charge in [0, 0.05) is 27.3 Å². The predicted octanol–water partition coefficient (Wildman–Crippen LogP) is 3.62. The average molecular weight is 588 g/mol. The van der Waals surface area contributed by atoms with E-state index in [-0.39, 0.29) is 25.9 Å². The number of benzene rings is 3. The van der Waals surface area contributed by atoms with Crippen LogP contribution in [0.3, 0.4) is 0 Å². The number of fused-ring (bicyclic) bond motifs is 1. The van der Waals surface area contributed by atoms with Crippen LogP contribution >= 0.6 is 27.5 Å². The van der Waals surface area contributed by atoms with E-state index in [1.54, 1.807) is 60.7 Å². The van der Waals surface area contributed by atoms with Gasteiger partial charge in [0.15, 0.2) is 18.1 Å². The Bertz CT molecular complexity index is 1370. The van der Waals surface area contributed by atoms with E-state index in [1.807, 2.05) is 0 Å². The average Bonchev–Trinajstić information content (AvgIpc) is 3.34. The maximum Gasteiger partial charge on any atom is 0.329 e. The van der Waals surface area contributed by atoms with Gasteiger partial charge >= 0.3 is 11.8 Å². The second kappa shape index (κ2) is 12.2. The standard InChI is InChI=1S/C25H20BrClN4O6/c26-17-5-7-20(35-13-23(32)30-19-3-1-2-18(27)10-19)16(9-17)12-29-31-25(34)24(33)28-11-15-4-6-21-22(8-15)37-14-36-21/h1-10,12H,11,13-14H2,(H,28,33)(H,30,32)(H,31,34)/b29-12-. The molecular formula is C25H20BrClN4O6. The molecule has 1 aliphatic heterocycles. The number of hydrazone groups is 1. The lowest BCUT2D eigenvalue weighted by Gasteiger charge is -2.10. The van der Waals surface area contributed by atoms with Crippen LogP contribution in [0, 0.1) is 0 Å². The van der Waals surface area contributed by atoms with Crippen LogP contribution in [0.25, 0.3) is 0 Å². The summed E-state index contributed by atoms with van der Waals surface area (Å²) in [5, 5.41) is 9.52. The summed E-state index contributed by atoms with van der Waals surface area (Å²) in [5.74, 6) is -0.654. The third-order valence-electron chi connectivity index (χ3n) is 4.90. The predicted molar refractivity (Wildman–Crippen MR) is 140 cm³/mol. The van der Waals surface area contributed by atoms with E-state index < -0.39 is 11.8 Å². The number of rotatable bonds is 8. The smallest absolute Gasteiger partial charge is 0.329 e. The topological polar surface area (TPSA) is 127 Å². The number of carbonyl (C=O) groups is 3. The molecule has 0 saturated carbocycles. The second-order valence-corrected chi connectivity index (χ2v) is 8.95. The first-order valence-corrected chi connectivity index (χ1v) is 12.0. The normalized spacial score (nSPS) is 11.7. The Morgan fingerprint density at radius 1 is 1.03 bits per heavy atom. The molecule has 0 unspecified atom stereocenters. The number of hydrogen-bond acceptors (Lipinski definition) is 7. The van der Waals surface area contributed by atoms with Gasteiger partial charge in [0.1, 0.15) is 5.75 Å². The van der Waals surface area contributed by atoms with Gasteiger partial charge in [-0.2, -0.15) is 5.10 Å². The molecule has 0 aliphatic carbocycles. The van der Waals surface area contributed by atoms with Crippen molar-refractivity contribution in [2.45, 2.75) is 6.54 Å². The van der Waals surface area contributed by atoms with Crippen LogP contribution < -0.4 is 30.3 Å². The Labute approximate surface area is 225 Å². The zero-order valence-electron chi connectivity index (χ0n) is 19.1. The minimum Gasteiger partial charge on any atom is -0.483 e. The van der Waals surface area contributed by atoms with E-state index in [0.717, 1.165) is 10.0 Å². The summed E-state index contributed by atoms with van der Waals surface area (Å²) < 4.78 is 16.9. The molecule has 0 spiro atoms. The number of halogens is 2. The fourth-order valence-corrected chi connectivity index (χ4v) is 3.75. The summed E-state index contributed by atoms with van der Waals surface area (Å²) in [6, 6.07) is 17.0. The van der Waals surface area contributed by atoms with Crippen molar-refractivity contribution in [1.82, 2.24) is 10.7 Å². The van der Waals surface area contributed by atoms with Crippen LogP contribution in [0.4, 0.5) is 5.69 Å². The summed E-state index contributed by atoms with van der Waals surface area (Å²) in [4.78, 5) is 36.5. The summed E-state index contributed by atoms with van der Waals surface area (Å²) in [6.45, 7) is -0.0103. The highest BCUT2D eigenvalue weighted by molar-refractivity contribution is 9.10. The van der Waals surface area contributed by atoms with Gasteiger partial charge in [0.25, 0.3) is 5.91 Å². The Balaban J connectivity index is 1.28. The highest BCUT2D eigenvalue weighted by Crippen LogP contribution is 2.32. The van der Waals surface area contributed by atoms with Gasteiger partial charge in [-0.3, -0.25) is 14.4 Å². The summed E-state index contributed by atoms with van der Waals surface area (Å²) in [7, 11) is 0. The van der Waals surface area contributed by atoms with Gasteiger partial charge in [-0.05, 0) is 54.1 Å². The molecule has 10 nitrogen and oxygen atoms in total. The number of amides is 3. The number of hydrogen-bond donors (Lipinski definition) is 3. The molecule has 3 amide bonds.